The Morgan fingerprint density at radius 3 is 2.46 bits per heavy atom. The van der Waals surface area contributed by atoms with Crippen LogP contribution in [0.5, 0.6) is 0 Å². The molecule has 0 fully saturated rings. The number of carbonyl (C=O) groups is 1. The van der Waals surface area contributed by atoms with Crippen molar-refractivity contribution in [2.24, 2.45) is 0 Å². The first-order chi connectivity index (χ1) is 13.5. The summed E-state index contributed by atoms with van der Waals surface area (Å²) >= 11 is 0. The van der Waals surface area contributed by atoms with Gasteiger partial charge < -0.3 is 14.3 Å². The van der Waals surface area contributed by atoms with Gasteiger partial charge in [0.2, 0.25) is 5.91 Å². The Balaban J connectivity index is 1.77. The molecule has 0 saturated heterocycles. The minimum absolute atomic E-state index is 0.0946. The molecule has 0 bridgehead atoms. The van der Waals surface area contributed by atoms with Gasteiger partial charge in [0.15, 0.2) is 0 Å². The van der Waals surface area contributed by atoms with Crippen LogP contribution in [0.1, 0.15) is 19.1 Å². The molecule has 3 aromatic rings. The molecule has 1 aromatic carbocycles. The number of nitrogens with zero attached hydrogens (tertiary/aromatic N) is 2. The Labute approximate surface area is 161 Å². The van der Waals surface area contributed by atoms with Crippen LogP contribution in [0.25, 0.3) is 11.0 Å². The smallest absolute Gasteiger partial charge is 0.317 e. The summed E-state index contributed by atoms with van der Waals surface area (Å²) in [5.74, 6) is 0.603. The van der Waals surface area contributed by atoms with E-state index in [-0.39, 0.29) is 31.5 Å². The Kier molecular flexibility index (Phi) is 5.93. The minimum Gasteiger partial charge on any atom is -0.469 e. The first-order valence-corrected chi connectivity index (χ1v) is 9.16. The van der Waals surface area contributed by atoms with Crippen molar-refractivity contribution in [1.29, 1.82) is 0 Å². The third-order valence-corrected chi connectivity index (χ3v) is 4.51. The SMILES string of the molecule is C=CCn1c(=O)c(=O)n(CCC(=O)N[C@H](C)Cc2ccco2)c2ccccc21. The van der Waals surface area contributed by atoms with E-state index in [9.17, 15) is 14.4 Å². The van der Waals surface area contributed by atoms with Gasteiger partial charge in [0.05, 0.1) is 17.3 Å². The number of aromatic nitrogens is 2. The van der Waals surface area contributed by atoms with Crippen LogP contribution in [0.4, 0.5) is 0 Å². The summed E-state index contributed by atoms with van der Waals surface area (Å²) < 4.78 is 8.05. The maximum atomic E-state index is 12.6. The van der Waals surface area contributed by atoms with Crippen molar-refractivity contribution in [1.82, 2.24) is 14.5 Å². The summed E-state index contributed by atoms with van der Waals surface area (Å²) in [6.07, 6.45) is 3.85. The number of nitrogens with one attached hydrogen (secondary N) is 1. The number of amides is 1. The van der Waals surface area contributed by atoms with E-state index in [1.165, 1.54) is 9.13 Å². The second kappa shape index (κ2) is 8.56. The third kappa shape index (κ3) is 4.14. The van der Waals surface area contributed by atoms with E-state index in [1.807, 2.05) is 13.0 Å². The van der Waals surface area contributed by atoms with Crippen molar-refractivity contribution in [3.63, 3.8) is 0 Å². The maximum absolute atomic E-state index is 12.6. The summed E-state index contributed by atoms with van der Waals surface area (Å²) in [4.78, 5) is 37.3. The van der Waals surface area contributed by atoms with Crippen LogP contribution < -0.4 is 16.4 Å². The van der Waals surface area contributed by atoms with Gasteiger partial charge in [0.1, 0.15) is 5.76 Å². The average Bonchev–Trinajstić information content (AvgIpc) is 3.18. The molecule has 0 aliphatic carbocycles. The van der Waals surface area contributed by atoms with Crippen molar-refractivity contribution in [2.45, 2.75) is 38.9 Å². The zero-order valence-corrected chi connectivity index (χ0v) is 15.8. The van der Waals surface area contributed by atoms with Crippen LogP contribution in [0.3, 0.4) is 0 Å². The lowest BCUT2D eigenvalue weighted by molar-refractivity contribution is -0.121. The number of allylic oxidation sites excluding steroid dienone is 1. The van der Waals surface area contributed by atoms with Crippen LogP contribution in [0.2, 0.25) is 0 Å². The van der Waals surface area contributed by atoms with Crippen LogP contribution in [0.15, 0.2) is 69.3 Å². The lowest BCUT2D eigenvalue weighted by atomic mass is 10.2. The molecule has 1 N–H and O–H groups in total. The first kappa shape index (κ1) is 19.4. The number of furan rings is 1. The Morgan fingerprint density at radius 1 is 1.14 bits per heavy atom. The molecule has 0 aliphatic heterocycles. The summed E-state index contributed by atoms with van der Waals surface area (Å²) in [6.45, 7) is 5.91. The molecule has 1 amide bonds. The van der Waals surface area contributed by atoms with Crippen molar-refractivity contribution in [2.75, 3.05) is 0 Å². The molecule has 2 heterocycles. The molecular formula is C21H23N3O4. The molecule has 3 rings (SSSR count). The van der Waals surface area contributed by atoms with Crippen molar-refractivity contribution < 1.29 is 9.21 Å². The van der Waals surface area contributed by atoms with E-state index < -0.39 is 11.1 Å². The van der Waals surface area contributed by atoms with Crippen LogP contribution in [-0.2, 0) is 24.3 Å². The molecule has 0 saturated carbocycles. The minimum atomic E-state index is -0.642. The summed E-state index contributed by atoms with van der Waals surface area (Å²) in [6, 6.07) is 10.7. The standard InChI is InChI=1S/C21H23N3O4/c1-3-11-23-17-8-4-5-9-18(17)24(21(27)20(23)26)12-10-19(25)22-15(2)14-16-7-6-13-28-16/h3-9,13,15H,1,10-12,14H2,2H3,(H,22,25)/t15-/m1/s1. The van der Waals surface area contributed by atoms with Crippen LogP contribution in [-0.4, -0.2) is 21.1 Å². The van der Waals surface area contributed by atoms with E-state index in [4.69, 9.17) is 4.42 Å². The van der Waals surface area contributed by atoms with Crippen LogP contribution >= 0.6 is 0 Å². The largest absolute Gasteiger partial charge is 0.469 e. The van der Waals surface area contributed by atoms with E-state index in [2.05, 4.69) is 11.9 Å². The number of fused-ring (bicyclic) bond motifs is 1. The van der Waals surface area contributed by atoms with Gasteiger partial charge in [-0.15, -0.1) is 6.58 Å². The molecule has 146 valence electrons. The quantitative estimate of drug-likeness (QED) is 0.478. The predicted octanol–water partition coefficient (Wildman–Crippen LogP) is 2.08. The number of hydrogen-bond acceptors (Lipinski definition) is 4. The molecule has 0 spiro atoms. The number of carbonyl (C=O) groups excluding carboxylic acids is 1. The Morgan fingerprint density at radius 2 is 1.82 bits per heavy atom. The molecular weight excluding hydrogens is 358 g/mol. The lowest BCUT2D eigenvalue weighted by Crippen LogP contribution is -2.42. The fraction of sp³-hybridized carbons (Fsp3) is 0.286. The lowest BCUT2D eigenvalue weighted by Gasteiger charge is -2.15. The fourth-order valence-corrected chi connectivity index (χ4v) is 3.24. The number of hydrogen-bond donors (Lipinski definition) is 1. The number of aryl methyl sites for hydroxylation is 1. The summed E-state index contributed by atoms with van der Waals surface area (Å²) in [7, 11) is 0. The normalized spacial score (nSPS) is 12.0. The maximum Gasteiger partial charge on any atom is 0.317 e. The second-order valence-corrected chi connectivity index (χ2v) is 6.65. The monoisotopic (exact) mass is 381 g/mol. The molecule has 7 nitrogen and oxygen atoms in total. The highest BCUT2D eigenvalue weighted by atomic mass is 16.3. The van der Waals surface area contributed by atoms with Gasteiger partial charge >= 0.3 is 11.1 Å². The molecule has 0 radical (unpaired) electrons. The summed E-state index contributed by atoms with van der Waals surface area (Å²) in [5, 5.41) is 2.89. The first-order valence-electron chi connectivity index (χ1n) is 9.16. The highest BCUT2D eigenvalue weighted by Gasteiger charge is 2.14. The van der Waals surface area contributed by atoms with E-state index in [1.54, 1.807) is 42.7 Å². The highest BCUT2D eigenvalue weighted by Crippen LogP contribution is 2.11. The molecule has 28 heavy (non-hydrogen) atoms. The fourth-order valence-electron chi connectivity index (χ4n) is 3.24. The highest BCUT2D eigenvalue weighted by molar-refractivity contribution is 5.77. The van der Waals surface area contributed by atoms with Gasteiger partial charge in [0, 0.05) is 32.0 Å². The van der Waals surface area contributed by atoms with E-state index in [0.717, 1.165) is 5.76 Å². The predicted molar refractivity (Wildman–Crippen MR) is 107 cm³/mol. The number of para-hydroxylation sites is 2. The molecule has 2 aromatic heterocycles. The van der Waals surface area contributed by atoms with E-state index in [0.29, 0.717) is 17.5 Å². The molecule has 7 heteroatoms. The second-order valence-electron chi connectivity index (χ2n) is 6.65. The Hall–Kier alpha value is -3.35. The summed E-state index contributed by atoms with van der Waals surface area (Å²) in [5.41, 5.74) is -0.00819. The number of rotatable bonds is 8. The molecule has 0 unspecified atom stereocenters. The van der Waals surface area contributed by atoms with Gasteiger partial charge in [-0.3, -0.25) is 19.0 Å². The van der Waals surface area contributed by atoms with Gasteiger partial charge in [-0.05, 0) is 31.2 Å². The van der Waals surface area contributed by atoms with Gasteiger partial charge in [0.25, 0.3) is 0 Å². The van der Waals surface area contributed by atoms with Crippen molar-refractivity contribution in [3.05, 3.63) is 81.8 Å². The van der Waals surface area contributed by atoms with Gasteiger partial charge in [-0.25, -0.2) is 0 Å². The zero-order valence-electron chi connectivity index (χ0n) is 15.8. The zero-order chi connectivity index (χ0) is 20.1. The van der Waals surface area contributed by atoms with Crippen molar-refractivity contribution in [3.8, 4) is 0 Å². The van der Waals surface area contributed by atoms with Crippen LogP contribution in [0, 0.1) is 0 Å². The number of benzene rings is 1. The van der Waals surface area contributed by atoms with Crippen molar-refractivity contribution >= 4 is 16.9 Å². The van der Waals surface area contributed by atoms with E-state index >= 15 is 0 Å². The Bertz CT molecular complexity index is 1090. The molecule has 1 atom stereocenters. The topological polar surface area (TPSA) is 86.2 Å². The molecule has 0 aliphatic rings. The van der Waals surface area contributed by atoms with Gasteiger partial charge in [-0.2, -0.15) is 0 Å². The average molecular weight is 381 g/mol. The third-order valence-electron chi connectivity index (χ3n) is 4.51. The van der Waals surface area contributed by atoms with Gasteiger partial charge in [-0.1, -0.05) is 18.2 Å².